The Bertz CT molecular complexity index is 744. The summed E-state index contributed by atoms with van der Waals surface area (Å²) >= 11 is 0. The molecule has 0 unspecified atom stereocenters. The Morgan fingerprint density at radius 1 is 1.19 bits per heavy atom. The van der Waals surface area contributed by atoms with E-state index in [4.69, 9.17) is 4.74 Å². The predicted molar refractivity (Wildman–Crippen MR) is 79.6 cm³/mol. The van der Waals surface area contributed by atoms with Gasteiger partial charge >= 0.3 is 0 Å². The van der Waals surface area contributed by atoms with Crippen molar-refractivity contribution in [2.45, 2.75) is 18.7 Å². The highest BCUT2D eigenvalue weighted by Crippen LogP contribution is 2.24. The molecule has 112 valence electrons. The van der Waals surface area contributed by atoms with Crippen molar-refractivity contribution in [2.24, 2.45) is 0 Å². The second kappa shape index (κ2) is 6.13. The molecular formula is C15H16FNO3S. The van der Waals surface area contributed by atoms with Gasteiger partial charge in [0.15, 0.2) is 0 Å². The van der Waals surface area contributed by atoms with E-state index in [1.165, 1.54) is 30.3 Å². The molecule has 2 aromatic rings. The molecule has 21 heavy (non-hydrogen) atoms. The number of anilines is 1. The summed E-state index contributed by atoms with van der Waals surface area (Å²) < 4.78 is 45.7. The van der Waals surface area contributed by atoms with Gasteiger partial charge in [0.05, 0.1) is 17.2 Å². The van der Waals surface area contributed by atoms with Crippen molar-refractivity contribution >= 4 is 15.7 Å². The lowest BCUT2D eigenvalue weighted by Crippen LogP contribution is -2.14. The zero-order valence-electron chi connectivity index (χ0n) is 11.8. The molecule has 2 aromatic carbocycles. The number of halogens is 1. The Morgan fingerprint density at radius 2 is 1.90 bits per heavy atom. The third-order valence-electron chi connectivity index (χ3n) is 2.87. The molecule has 0 saturated heterocycles. The van der Waals surface area contributed by atoms with Crippen LogP contribution in [-0.2, 0) is 10.0 Å². The summed E-state index contributed by atoms with van der Waals surface area (Å²) in [5, 5.41) is 0. The van der Waals surface area contributed by atoms with Crippen molar-refractivity contribution in [3.8, 4) is 5.75 Å². The number of nitrogens with one attached hydrogen (secondary N) is 1. The molecule has 0 saturated carbocycles. The van der Waals surface area contributed by atoms with Gasteiger partial charge in [0.1, 0.15) is 11.6 Å². The average Bonchev–Trinajstić information content (AvgIpc) is 2.43. The summed E-state index contributed by atoms with van der Waals surface area (Å²) in [6.45, 7) is 4.11. The highest BCUT2D eigenvalue weighted by Gasteiger charge is 2.17. The van der Waals surface area contributed by atoms with Gasteiger partial charge in [-0.1, -0.05) is 12.1 Å². The van der Waals surface area contributed by atoms with Crippen LogP contribution in [0.2, 0.25) is 0 Å². The van der Waals surface area contributed by atoms with Gasteiger partial charge in [0.2, 0.25) is 0 Å². The quantitative estimate of drug-likeness (QED) is 0.921. The largest absolute Gasteiger partial charge is 0.494 e. The lowest BCUT2D eigenvalue weighted by molar-refractivity contribution is 0.337. The molecule has 0 aliphatic rings. The second-order valence-electron chi connectivity index (χ2n) is 4.45. The average molecular weight is 309 g/mol. The number of hydrogen-bond donors (Lipinski definition) is 1. The minimum atomic E-state index is -3.84. The van der Waals surface area contributed by atoms with E-state index >= 15 is 0 Å². The number of sulfonamides is 1. The minimum absolute atomic E-state index is 0.0618. The van der Waals surface area contributed by atoms with Crippen LogP contribution in [0.15, 0.2) is 47.4 Å². The van der Waals surface area contributed by atoms with E-state index in [0.717, 1.165) is 0 Å². The smallest absolute Gasteiger partial charge is 0.262 e. The molecule has 6 heteroatoms. The van der Waals surface area contributed by atoms with Crippen LogP contribution in [-0.4, -0.2) is 15.0 Å². The molecule has 1 N–H and O–H groups in total. The van der Waals surface area contributed by atoms with Gasteiger partial charge in [-0.3, -0.25) is 4.72 Å². The molecule has 0 spiro atoms. The number of ether oxygens (including phenoxy) is 1. The zero-order chi connectivity index (χ0) is 15.5. The third kappa shape index (κ3) is 3.52. The van der Waals surface area contributed by atoms with E-state index in [-0.39, 0.29) is 10.6 Å². The first-order chi connectivity index (χ1) is 9.94. The van der Waals surface area contributed by atoms with E-state index in [1.807, 2.05) is 6.92 Å². The van der Waals surface area contributed by atoms with Gasteiger partial charge in [-0.15, -0.1) is 0 Å². The van der Waals surface area contributed by atoms with E-state index < -0.39 is 15.8 Å². The first kappa shape index (κ1) is 15.3. The van der Waals surface area contributed by atoms with E-state index in [2.05, 4.69) is 4.72 Å². The lowest BCUT2D eigenvalue weighted by atomic mass is 10.2. The standard InChI is InChI=1S/C15H16FNO3S/c1-3-20-15-9-8-12(10-11(15)2)21(18,19)17-14-7-5-4-6-13(14)16/h4-10,17H,3H2,1-2H3. The zero-order valence-corrected chi connectivity index (χ0v) is 12.6. The molecule has 0 bridgehead atoms. The first-order valence-electron chi connectivity index (χ1n) is 6.45. The number of hydrogen-bond acceptors (Lipinski definition) is 3. The van der Waals surface area contributed by atoms with Crippen molar-refractivity contribution < 1.29 is 17.5 Å². The van der Waals surface area contributed by atoms with Crippen LogP contribution in [0.3, 0.4) is 0 Å². The number of rotatable bonds is 5. The van der Waals surface area contributed by atoms with Crippen molar-refractivity contribution in [3.05, 3.63) is 53.8 Å². The van der Waals surface area contributed by atoms with E-state index in [0.29, 0.717) is 17.9 Å². The summed E-state index contributed by atoms with van der Waals surface area (Å²) in [6.07, 6.45) is 0. The third-order valence-corrected chi connectivity index (χ3v) is 4.24. The minimum Gasteiger partial charge on any atom is -0.494 e. The van der Waals surface area contributed by atoms with Crippen LogP contribution < -0.4 is 9.46 Å². The van der Waals surface area contributed by atoms with E-state index in [9.17, 15) is 12.8 Å². The van der Waals surface area contributed by atoms with Crippen LogP contribution >= 0.6 is 0 Å². The van der Waals surface area contributed by atoms with Crippen LogP contribution in [0.5, 0.6) is 5.75 Å². The molecule has 0 heterocycles. The van der Waals surface area contributed by atoms with Gasteiger partial charge in [-0.25, -0.2) is 12.8 Å². The molecule has 2 rings (SSSR count). The molecule has 0 amide bonds. The Labute approximate surface area is 123 Å². The lowest BCUT2D eigenvalue weighted by Gasteiger charge is -2.11. The van der Waals surface area contributed by atoms with Crippen molar-refractivity contribution in [3.63, 3.8) is 0 Å². The molecule has 0 aliphatic heterocycles. The summed E-state index contributed by atoms with van der Waals surface area (Å²) in [7, 11) is -3.84. The summed E-state index contributed by atoms with van der Waals surface area (Å²) in [4.78, 5) is 0.0618. The predicted octanol–water partition coefficient (Wildman–Crippen LogP) is 3.33. The summed E-state index contributed by atoms with van der Waals surface area (Å²) in [5.74, 6) is 0.00563. The monoisotopic (exact) mass is 309 g/mol. The van der Waals surface area contributed by atoms with Crippen molar-refractivity contribution in [1.29, 1.82) is 0 Å². The second-order valence-corrected chi connectivity index (χ2v) is 6.13. The Hall–Kier alpha value is -2.08. The number of aryl methyl sites for hydroxylation is 1. The molecule has 4 nitrogen and oxygen atoms in total. The van der Waals surface area contributed by atoms with Crippen LogP contribution in [0.1, 0.15) is 12.5 Å². The van der Waals surface area contributed by atoms with Gasteiger partial charge in [0, 0.05) is 0 Å². The molecule has 0 fully saturated rings. The molecular weight excluding hydrogens is 293 g/mol. The molecule has 0 radical (unpaired) electrons. The van der Waals surface area contributed by atoms with E-state index in [1.54, 1.807) is 19.1 Å². The van der Waals surface area contributed by atoms with Crippen LogP contribution in [0.4, 0.5) is 10.1 Å². The van der Waals surface area contributed by atoms with Gasteiger partial charge in [-0.2, -0.15) is 0 Å². The van der Waals surface area contributed by atoms with Crippen LogP contribution in [0, 0.1) is 12.7 Å². The maximum Gasteiger partial charge on any atom is 0.262 e. The highest BCUT2D eigenvalue weighted by atomic mass is 32.2. The normalized spacial score (nSPS) is 11.2. The topological polar surface area (TPSA) is 55.4 Å². The molecule has 0 atom stereocenters. The fourth-order valence-electron chi connectivity index (χ4n) is 1.85. The number of benzene rings is 2. The number of para-hydroxylation sites is 1. The fourth-order valence-corrected chi connectivity index (χ4v) is 3.01. The van der Waals surface area contributed by atoms with Gasteiger partial charge in [-0.05, 0) is 49.7 Å². The van der Waals surface area contributed by atoms with Crippen LogP contribution in [0.25, 0.3) is 0 Å². The first-order valence-corrected chi connectivity index (χ1v) is 7.93. The van der Waals surface area contributed by atoms with Crippen molar-refractivity contribution in [1.82, 2.24) is 0 Å². The molecule has 0 aromatic heterocycles. The molecule has 0 aliphatic carbocycles. The van der Waals surface area contributed by atoms with Gasteiger partial charge in [0.25, 0.3) is 10.0 Å². The summed E-state index contributed by atoms with van der Waals surface area (Å²) in [5.41, 5.74) is 0.622. The van der Waals surface area contributed by atoms with Gasteiger partial charge < -0.3 is 4.74 Å². The maximum atomic E-state index is 13.5. The Kier molecular flexibility index (Phi) is 4.47. The SMILES string of the molecule is CCOc1ccc(S(=O)(=O)Nc2ccccc2F)cc1C. The maximum absolute atomic E-state index is 13.5. The Balaban J connectivity index is 2.32. The summed E-state index contributed by atoms with van der Waals surface area (Å²) in [6, 6.07) is 10.1. The fraction of sp³-hybridized carbons (Fsp3) is 0.200. The highest BCUT2D eigenvalue weighted by molar-refractivity contribution is 7.92. The van der Waals surface area contributed by atoms with Crippen molar-refractivity contribution in [2.75, 3.05) is 11.3 Å². The Morgan fingerprint density at radius 3 is 2.52 bits per heavy atom.